The second-order valence-corrected chi connectivity index (χ2v) is 9.99. The van der Waals surface area contributed by atoms with Crippen LogP contribution in [0.3, 0.4) is 0 Å². The summed E-state index contributed by atoms with van der Waals surface area (Å²) in [4.78, 5) is 4.93. The number of nitrogens with zero attached hydrogens (tertiary/aromatic N) is 3. The lowest BCUT2D eigenvalue weighted by Gasteiger charge is -2.48. The topological polar surface area (TPSA) is 78.6 Å². The molecule has 5 rings (SSSR count). The van der Waals surface area contributed by atoms with Gasteiger partial charge in [-0.05, 0) is 34.7 Å². The van der Waals surface area contributed by atoms with Crippen molar-refractivity contribution in [2.75, 3.05) is 6.61 Å². The zero-order valence-electron chi connectivity index (χ0n) is 16.1. The minimum Gasteiger partial charge on any atom is -0.387 e. The molecule has 1 aromatic carbocycles. The van der Waals surface area contributed by atoms with Crippen molar-refractivity contribution in [1.29, 1.82) is 0 Å². The van der Waals surface area contributed by atoms with Crippen molar-refractivity contribution < 1.29 is 19.3 Å². The number of aliphatic hydroxyl groups is 1. The first-order valence-electron chi connectivity index (χ1n) is 9.72. The van der Waals surface area contributed by atoms with Gasteiger partial charge >= 0.3 is 0 Å². The van der Waals surface area contributed by atoms with E-state index in [4.69, 9.17) is 25.8 Å². The number of aromatic nitrogens is 3. The SMILES string of the molecule is OC1C(n2ccc(I)n2)[C@H]2OC(c3ccccc3)OCC2O[C@@H]1Sc1cncc(Cl)c1. The first-order chi connectivity index (χ1) is 15.1. The van der Waals surface area contributed by atoms with Crippen LogP contribution in [-0.4, -0.2) is 50.2 Å². The molecule has 2 saturated heterocycles. The summed E-state index contributed by atoms with van der Waals surface area (Å²) < 4.78 is 21.1. The molecule has 0 amide bonds. The molecule has 0 aliphatic carbocycles. The van der Waals surface area contributed by atoms with Crippen molar-refractivity contribution in [2.45, 2.75) is 41.0 Å². The molecule has 4 unspecified atom stereocenters. The quantitative estimate of drug-likeness (QED) is 0.473. The number of hydrogen-bond donors (Lipinski definition) is 1. The average molecular weight is 572 g/mol. The molecule has 0 saturated carbocycles. The summed E-state index contributed by atoms with van der Waals surface area (Å²) in [5, 5.41) is 16.4. The molecule has 3 aromatic rings. The van der Waals surface area contributed by atoms with Crippen molar-refractivity contribution in [2.24, 2.45) is 0 Å². The van der Waals surface area contributed by atoms with E-state index < -0.39 is 30.0 Å². The molecule has 4 heterocycles. The third kappa shape index (κ3) is 4.63. The normalized spacial score (nSPS) is 30.7. The molecule has 2 aromatic heterocycles. The molecule has 6 atom stereocenters. The molecule has 7 nitrogen and oxygen atoms in total. The highest BCUT2D eigenvalue weighted by atomic mass is 127. The highest BCUT2D eigenvalue weighted by molar-refractivity contribution is 14.1. The number of halogens is 2. The van der Waals surface area contributed by atoms with Crippen LogP contribution < -0.4 is 0 Å². The van der Waals surface area contributed by atoms with Crippen molar-refractivity contribution in [3.8, 4) is 0 Å². The van der Waals surface area contributed by atoms with E-state index in [1.807, 2.05) is 42.6 Å². The molecule has 0 bridgehead atoms. The minimum atomic E-state index is -0.879. The van der Waals surface area contributed by atoms with Gasteiger partial charge in [-0.25, -0.2) is 0 Å². The molecular weight excluding hydrogens is 553 g/mol. The Labute approximate surface area is 202 Å². The molecule has 2 fully saturated rings. The third-order valence-corrected chi connectivity index (χ3v) is 7.12. The Kier molecular flexibility index (Phi) is 6.52. The van der Waals surface area contributed by atoms with Crippen LogP contribution in [-0.2, 0) is 14.2 Å². The Morgan fingerprint density at radius 1 is 1.16 bits per heavy atom. The van der Waals surface area contributed by atoms with Crippen molar-refractivity contribution in [3.05, 3.63) is 75.3 Å². The van der Waals surface area contributed by atoms with E-state index >= 15 is 0 Å². The highest BCUT2D eigenvalue weighted by Gasteiger charge is 2.51. The van der Waals surface area contributed by atoms with Crippen molar-refractivity contribution in [1.82, 2.24) is 14.8 Å². The number of thioether (sulfide) groups is 1. The number of hydrogen-bond acceptors (Lipinski definition) is 7. The number of pyridine rings is 1. The fraction of sp³-hybridized carbons (Fsp3) is 0.333. The van der Waals surface area contributed by atoms with Gasteiger partial charge in [0.1, 0.15) is 33.5 Å². The van der Waals surface area contributed by atoms with Gasteiger partial charge in [0.15, 0.2) is 6.29 Å². The Hall–Kier alpha value is -1.21. The molecule has 2 aliphatic heterocycles. The van der Waals surface area contributed by atoms with Crippen LogP contribution in [0.15, 0.2) is 66.0 Å². The van der Waals surface area contributed by atoms with Crippen LogP contribution in [0.4, 0.5) is 0 Å². The maximum absolute atomic E-state index is 11.3. The van der Waals surface area contributed by atoms with Crippen molar-refractivity contribution in [3.63, 3.8) is 0 Å². The highest BCUT2D eigenvalue weighted by Crippen LogP contribution is 2.43. The second kappa shape index (κ2) is 9.34. The van der Waals surface area contributed by atoms with Gasteiger partial charge in [-0.3, -0.25) is 9.67 Å². The Morgan fingerprint density at radius 2 is 2.00 bits per heavy atom. The lowest BCUT2D eigenvalue weighted by atomic mass is 9.96. The number of rotatable bonds is 4. The molecule has 1 N–H and O–H groups in total. The van der Waals surface area contributed by atoms with Crippen LogP contribution >= 0.6 is 46.0 Å². The summed E-state index contributed by atoms with van der Waals surface area (Å²) in [6.45, 7) is 0.344. The van der Waals surface area contributed by atoms with Gasteiger partial charge in [0.2, 0.25) is 0 Å². The maximum atomic E-state index is 11.3. The van der Waals surface area contributed by atoms with E-state index in [2.05, 4.69) is 32.7 Å². The van der Waals surface area contributed by atoms with Gasteiger partial charge in [-0.15, -0.1) is 0 Å². The van der Waals surface area contributed by atoms with Gasteiger partial charge in [0.05, 0.1) is 11.6 Å². The van der Waals surface area contributed by atoms with E-state index in [-0.39, 0.29) is 6.10 Å². The Balaban J connectivity index is 1.44. The van der Waals surface area contributed by atoms with Crippen LogP contribution in [0, 0.1) is 3.70 Å². The summed E-state index contributed by atoms with van der Waals surface area (Å²) in [5.74, 6) is 0. The zero-order chi connectivity index (χ0) is 21.4. The fourth-order valence-corrected chi connectivity index (χ4v) is 5.57. The van der Waals surface area contributed by atoms with Gasteiger partial charge < -0.3 is 19.3 Å². The summed E-state index contributed by atoms with van der Waals surface area (Å²) in [6.07, 6.45) is 2.92. The Bertz CT molecular complexity index is 1040. The lowest BCUT2D eigenvalue weighted by Crippen LogP contribution is -2.58. The minimum absolute atomic E-state index is 0.344. The van der Waals surface area contributed by atoms with Gasteiger partial charge in [-0.2, -0.15) is 5.10 Å². The summed E-state index contributed by atoms with van der Waals surface area (Å²) in [7, 11) is 0. The molecule has 162 valence electrons. The second-order valence-electron chi connectivity index (χ2n) is 7.28. The summed E-state index contributed by atoms with van der Waals surface area (Å²) >= 11 is 9.60. The molecule has 0 radical (unpaired) electrons. The molecule has 31 heavy (non-hydrogen) atoms. The zero-order valence-corrected chi connectivity index (χ0v) is 19.9. The van der Waals surface area contributed by atoms with E-state index in [1.165, 1.54) is 11.8 Å². The smallest absolute Gasteiger partial charge is 0.184 e. The first kappa shape index (κ1) is 21.6. The molecule has 0 spiro atoms. The fourth-order valence-electron chi connectivity index (χ4n) is 3.83. The van der Waals surface area contributed by atoms with Crippen LogP contribution in [0.2, 0.25) is 5.02 Å². The monoisotopic (exact) mass is 571 g/mol. The number of benzene rings is 1. The third-order valence-electron chi connectivity index (χ3n) is 5.22. The molecule has 2 aliphatic rings. The number of fused-ring (bicyclic) bond motifs is 1. The number of ether oxygens (including phenoxy) is 3. The number of aliphatic hydroxyl groups excluding tert-OH is 1. The predicted octanol–water partition coefficient (Wildman–Crippen LogP) is 4.07. The first-order valence-corrected chi connectivity index (χ1v) is 12.1. The molecule has 10 heteroatoms. The lowest BCUT2D eigenvalue weighted by molar-refractivity contribution is -0.306. The maximum Gasteiger partial charge on any atom is 0.184 e. The average Bonchev–Trinajstić information content (AvgIpc) is 3.20. The van der Waals surface area contributed by atoms with E-state index in [0.29, 0.717) is 11.6 Å². The predicted molar refractivity (Wildman–Crippen MR) is 124 cm³/mol. The summed E-state index contributed by atoms with van der Waals surface area (Å²) in [5.41, 5.74) is 0.361. The van der Waals surface area contributed by atoms with Crippen molar-refractivity contribution >= 4 is 46.0 Å². The standard InChI is InChI=1S/C21H19ClIN3O4S/c22-13-8-14(10-24-9-13)31-21-18(27)17(26-7-6-16(23)25-26)19-15(29-21)11-28-20(30-19)12-4-2-1-3-5-12/h1-10,15,17-21,27H,11H2/t15?,17?,18?,19-,20?,21+/m0/s1. The van der Waals surface area contributed by atoms with Crippen LogP contribution in [0.5, 0.6) is 0 Å². The van der Waals surface area contributed by atoms with E-state index in [9.17, 15) is 5.11 Å². The van der Waals surface area contributed by atoms with E-state index in [0.717, 1.165) is 14.2 Å². The van der Waals surface area contributed by atoms with Crippen LogP contribution in [0.1, 0.15) is 17.9 Å². The van der Waals surface area contributed by atoms with E-state index in [1.54, 1.807) is 23.1 Å². The van der Waals surface area contributed by atoms with Gasteiger partial charge in [0, 0.05) is 29.0 Å². The van der Waals surface area contributed by atoms with Crippen LogP contribution in [0.25, 0.3) is 0 Å². The van der Waals surface area contributed by atoms with Gasteiger partial charge in [0.25, 0.3) is 0 Å². The van der Waals surface area contributed by atoms with Gasteiger partial charge in [-0.1, -0.05) is 53.7 Å². The largest absolute Gasteiger partial charge is 0.387 e. The Morgan fingerprint density at radius 3 is 2.74 bits per heavy atom. The molecular formula is C21H19ClIN3O4S. The summed E-state index contributed by atoms with van der Waals surface area (Å²) in [6, 6.07) is 13.0.